The van der Waals surface area contributed by atoms with Crippen LogP contribution in [0.2, 0.25) is 0 Å². The second kappa shape index (κ2) is 8.97. The molecule has 0 amide bonds. The molecule has 0 atom stereocenters. The first-order chi connectivity index (χ1) is 7.83. The SMILES string of the molecule is CCNCCCCCCN1CCN(C)CC1. The first-order valence-electron chi connectivity index (χ1n) is 6.94. The smallest absolute Gasteiger partial charge is 0.0110 e. The van der Waals surface area contributed by atoms with Crippen LogP contribution in [0.4, 0.5) is 0 Å². The van der Waals surface area contributed by atoms with E-state index in [1.165, 1.54) is 65.0 Å². The molecule has 1 N–H and O–H groups in total. The predicted octanol–water partition coefficient (Wildman–Crippen LogP) is 1.40. The molecule has 0 aromatic rings. The van der Waals surface area contributed by atoms with Gasteiger partial charge < -0.3 is 15.1 Å². The number of hydrogen-bond acceptors (Lipinski definition) is 3. The number of hydrogen-bond donors (Lipinski definition) is 1. The molecular weight excluding hydrogens is 198 g/mol. The third-order valence-corrected chi connectivity index (χ3v) is 3.42. The van der Waals surface area contributed by atoms with Crippen molar-refractivity contribution in [2.24, 2.45) is 0 Å². The fourth-order valence-electron chi connectivity index (χ4n) is 2.19. The van der Waals surface area contributed by atoms with Gasteiger partial charge in [-0.3, -0.25) is 0 Å². The quantitative estimate of drug-likeness (QED) is 0.633. The van der Waals surface area contributed by atoms with Crippen molar-refractivity contribution in [1.82, 2.24) is 15.1 Å². The van der Waals surface area contributed by atoms with E-state index in [0.717, 1.165) is 6.54 Å². The maximum atomic E-state index is 3.38. The minimum Gasteiger partial charge on any atom is -0.317 e. The Morgan fingerprint density at radius 1 is 0.938 bits per heavy atom. The molecule has 0 spiro atoms. The molecule has 96 valence electrons. The van der Waals surface area contributed by atoms with Crippen LogP contribution >= 0.6 is 0 Å². The molecule has 1 fully saturated rings. The standard InChI is InChI=1S/C13H29N3/c1-3-14-8-6-4-5-7-9-16-12-10-15(2)11-13-16/h14H,3-13H2,1-2H3. The van der Waals surface area contributed by atoms with E-state index in [9.17, 15) is 0 Å². The van der Waals surface area contributed by atoms with Crippen LogP contribution in [-0.4, -0.2) is 62.7 Å². The van der Waals surface area contributed by atoms with E-state index < -0.39 is 0 Å². The van der Waals surface area contributed by atoms with Crippen molar-refractivity contribution in [2.45, 2.75) is 32.6 Å². The Morgan fingerprint density at radius 2 is 1.62 bits per heavy atom. The number of likely N-dealkylation sites (N-methyl/N-ethyl adjacent to an activating group) is 1. The van der Waals surface area contributed by atoms with Gasteiger partial charge in [0.05, 0.1) is 0 Å². The summed E-state index contributed by atoms with van der Waals surface area (Å²) < 4.78 is 0. The van der Waals surface area contributed by atoms with Crippen molar-refractivity contribution >= 4 is 0 Å². The normalized spacial score (nSPS) is 19.1. The predicted molar refractivity (Wildman–Crippen MR) is 70.9 cm³/mol. The molecule has 1 aliphatic rings. The summed E-state index contributed by atoms with van der Waals surface area (Å²) >= 11 is 0. The Labute approximate surface area is 101 Å². The van der Waals surface area contributed by atoms with Gasteiger partial charge >= 0.3 is 0 Å². The average Bonchev–Trinajstić information content (AvgIpc) is 2.30. The highest BCUT2D eigenvalue weighted by atomic mass is 15.2. The van der Waals surface area contributed by atoms with E-state index in [1.54, 1.807) is 0 Å². The Hall–Kier alpha value is -0.120. The number of piperazine rings is 1. The number of unbranched alkanes of at least 4 members (excludes halogenated alkanes) is 3. The van der Waals surface area contributed by atoms with E-state index >= 15 is 0 Å². The molecule has 16 heavy (non-hydrogen) atoms. The topological polar surface area (TPSA) is 18.5 Å². The fraction of sp³-hybridized carbons (Fsp3) is 1.00. The lowest BCUT2D eigenvalue weighted by molar-refractivity contribution is 0.152. The molecule has 0 aromatic carbocycles. The summed E-state index contributed by atoms with van der Waals surface area (Å²) in [5.74, 6) is 0. The summed E-state index contributed by atoms with van der Waals surface area (Å²) in [4.78, 5) is 5.04. The number of nitrogens with one attached hydrogen (secondary N) is 1. The highest BCUT2D eigenvalue weighted by molar-refractivity contribution is 4.68. The third kappa shape index (κ3) is 6.46. The van der Waals surface area contributed by atoms with Crippen molar-refractivity contribution < 1.29 is 0 Å². The highest BCUT2D eigenvalue weighted by Crippen LogP contribution is 2.04. The van der Waals surface area contributed by atoms with Crippen LogP contribution < -0.4 is 5.32 Å². The van der Waals surface area contributed by atoms with Gasteiger partial charge in [0, 0.05) is 26.2 Å². The number of rotatable bonds is 8. The zero-order valence-corrected chi connectivity index (χ0v) is 11.2. The maximum absolute atomic E-state index is 3.38. The van der Waals surface area contributed by atoms with Crippen molar-refractivity contribution in [2.75, 3.05) is 52.9 Å². The Kier molecular flexibility index (Phi) is 7.81. The molecule has 1 heterocycles. The largest absolute Gasteiger partial charge is 0.317 e. The van der Waals surface area contributed by atoms with Gasteiger partial charge in [0.1, 0.15) is 0 Å². The average molecular weight is 227 g/mol. The van der Waals surface area contributed by atoms with Gasteiger partial charge in [-0.15, -0.1) is 0 Å². The summed E-state index contributed by atoms with van der Waals surface area (Å²) in [7, 11) is 2.22. The summed E-state index contributed by atoms with van der Waals surface area (Å²) in [5.41, 5.74) is 0. The van der Waals surface area contributed by atoms with Gasteiger partial charge in [0.25, 0.3) is 0 Å². The van der Waals surface area contributed by atoms with Crippen LogP contribution in [0, 0.1) is 0 Å². The van der Waals surface area contributed by atoms with Crippen LogP contribution in [0.15, 0.2) is 0 Å². The molecule has 0 unspecified atom stereocenters. The third-order valence-electron chi connectivity index (χ3n) is 3.42. The van der Waals surface area contributed by atoms with Gasteiger partial charge in [0.15, 0.2) is 0 Å². The van der Waals surface area contributed by atoms with E-state index in [1.807, 2.05) is 0 Å². The first-order valence-corrected chi connectivity index (χ1v) is 6.94. The van der Waals surface area contributed by atoms with Crippen molar-refractivity contribution in [3.8, 4) is 0 Å². The van der Waals surface area contributed by atoms with Crippen LogP contribution in [-0.2, 0) is 0 Å². The summed E-state index contributed by atoms with van der Waals surface area (Å²) in [6.07, 6.45) is 5.52. The second-order valence-corrected chi connectivity index (χ2v) is 4.91. The summed E-state index contributed by atoms with van der Waals surface area (Å²) in [5, 5.41) is 3.38. The Balaban J connectivity index is 1.84. The fourth-order valence-corrected chi connectivity index (χ4v) is 2.19. The van der Waals surface area contributed by atoms with Gasteiger partial charge in [0.2, 0.25) is 0 Å². The van der Waals surface area contributed by atoms with Crippen molar-refractivity contribution in [1.29, 1.82) is 0 Å². The minimum atomic E-state index is 1.11. The zero-order chi connectivity index (χ0) is 11.6. The zero-order valence-electron chi connectivity index (χ0n) is 11.2. The second-order valence-electron chi connectivity index (χ2n) is 4.91. The lowest BCUT2D eigenvalue weighted by atomic mass is 10.2. The van der Waals surface area contributed by atoms with Gasteiger partial charge in [-0.25, -0.2) is 0 Å². The molecule has 0 radical (unpaired) electrons. The van der Waals surface area contributed by atoms with Gasteiger partial charge in [-0.2, -0.15) is 0 Å². The molecule has 1 rings (SSSR count). The van der Waals surface area contributed by atoms with Crippen LogP contribution in [0.3, 0.4) is 0 Å². The molecule has 3 heteroatoms. The first kappa shape index (κ1) is 13.9. The van der Waals surface area contributed by atoms with Gasteiger partial charge in [-0.05, 0) is 39.5 Å². The van der Waals surface area contributed by atoms with E-state index in [-0.39, 0.29) is 0 Å². The van der Waals surface area contributed by atoms with Crippen molar-refractivity contribution in [3.63, 3.8) is 0 Å². The molecule has 3 nitrogen and oxygen atoms in total. The molecule has 0 aromatic heterocycles. The Morgan fingerprint density at radius 3 is 2.31 bits per heavy atom. The molecule has 1 saturated heterocycles. The van der Waals surface area contributed by atoms with E-state index in [2.05, 4.69) is 29.1 Å². The maximum Gasteiger partial charge on any atom is 0.0110 e. The molecule has 1 aliphatic heterocycles. The van der Waals surface area contributed by atoms with E-state index in [4.69, 9.17) is 0 Å². The van der Waals surface area contributed by atoms with Gasteiger partial charge in [-0.1, -0.05) is 19.8 Å². The van der Waals surface area contributed by atoms with Crippen molar-refractivity contribution in [3.05, 3.63) is 0 Å². The lowest BCUT2D eigenvalue weighted by Crippen LogP contribution is -2.44. The summed E-state index contributed by atoms with van der Waals surface area (Å²) in [6.45, 7) is 10.8. The number of nitrogens with zero attached hydrogens (tertiary/aromatic N) is 2. The monoisotopic (exact) mass is 227 g/mol. The van der Waals surface area contributed by atoms with Crippen LogP contribution in [0.1, 0.15) is 32.6 Å². The lowest BCUT2D eigenvalue weighted by Gasteiger charge is -2.32. The van der Waals surface area contributed by atoms with Crippen LogP contribution in [0.25, 0.3) is 0 Å². The molecule has 0 bridgehead atoms. The molecular formula is C13H29N3. The summed E-state index contributed by atoms with van der Waals surface area (Å²) in [6, 6.07) is 0. The minimum absolute atomic E-state index is 1.11. The Bertz CT molecular complexity index is 153. The molecule has 0 aliphatic carbocycles. The highest BCUT2D eigenvalue weighted by Gasteiger charge is 2.12. The molecule has 0 saturated carbocycles. The van der Waals surface area contributed by atoms with Crippen LogP contribution in [0.5, 0.6) is 0 Å². The van der Waals surface area contributed by atoms with E-state index in [0.29, 0.717) is 0 Å².